The highest BCUT2D eigenvalue weighted by Gasteiger charge is 2.45. The summed E-state index contributed by atoms with van der Waals surface area (Å²) in [5.41, 5.74) is 4.53. The van der Waals surface area contributed by atoms with E-state index < -0.39 is 6.23 Å². The van der Waals surface area contributed by atoms with Gasteiger partial charge in [0.2, 0.25) is 5.91 Å². The molecule has 4 rings (SSSR count). The van der Waals surface area contributed by atoms with Crippen LogP contribution >= 0.6 is 0 Å². The highest BCUT2D eigenvalue weighted by molar-refractivity contribution is 5.97. The number of carbonyl (C=O) groups is 1. The molecule has 1 amide bonds. The molecule has 1 saturated heterocycles. The van der Waals surface area contributed by atoms with Gasteiger partial charge in [-0.1, -0.05) is 24.3 Å². The number of hydrogen-bond acceptors (Lipinski definition) is 3. The van der Waals surface area contributed by atoms with Crippen LogP contribution in [0.15, 0.2) is 48.5 Å². The number of rotatable bonds is 1. The quantitative estimate of drug-likeness (QED) is 0.873. The Bertz CT molecular complexity index is 719. The molecule has 0 saturated carbocycles. The van der Waals surface area contributed by atoms with Crippen LogP contribution in [0, 0.1) is 11.7 Å². The number of hydrazine groups is 1. The number of hydrogen-bond donors (Lipinski definition) is 1. The number of nitrogens with one attached hydrogen (secondary N) is 1. The smallest absolute Gasteiger partial charge is 0.250 e. The molecule has 2 aliphatic heterocycles. The van der Waals surface area contributed by atoms with Crippen molar-refractivity contribution < 1.29 is 13.9 Å². The first-order chi connectivity index (χ1) is 10.2. The first-order valence-corrected chi connectivity index (χ1v) is 6.82. The van der Waals surface area contributed by atoms with Gasteiger partial charge in [0.15, 0.2) is 6.23 Å². The number of ether oxygens (including phenoxy) is 1. The van der Waals surface area contributed by atoms with Gasteiger partial charge in [-0.15, -0.1) is 0 Å². The molecule has 106 valence electrons. The van der Waals surface area contributed by atoms with E-state index in [1.54, 1.807) is 12.1 Å². The maximum absolute atomic E-state index is 13.3. The zero-order valence-electron chi connectivity index (χ0n) is 11.1. The molecular weight excluding hydrogens is 271 g/mol. The normalized spacial score (nSPS) is 23.5. The van der Waals surface area contributed by atoms with Gasteiger partial charge in [0.1, 0.15) is 11.6 Å². The van der Waals surface area contributed by atoms with Crippen molar-refractivity contribution in [2.45, 2.75) is 12.6 Å². The minimum atomic E-state index is -0.407. The Morgan fingerprint density at radius 1 is 1.19 bits per heavy atom. The van der Waals surface area contributed by atoms with Crippen LogP contribution in [0.5, 0.6) is 5.75 Å². The minimum absolute atomic E-state index is 0.0971. The van der Waals surface area contributed by atoms with Gasteiger partial charge in [0, 0.05) is 0 Å². The van der Waals surface area contributed by atoms with Crippen LogP contribution in [-0.4, -0.2) is 12.1 Å². The van der Waals surface area contributed by atoms with E-state index in [-0.39, 0.29) is 17.6 Å². The Morgan fingerprint density at radius 2 is 2.05 bits per heavy atom. The van der Waals surface area contributed by atoms with Crippen molar-refractivity contribution in [3.63, 3.8) is 0 Å². The molecule has 2 heterocycles. The lowest BCUT2D eigenvalue weighted by atomic mass is 9.95. The highest BCUT2D eigenvalue weighted by atomic mass is 19.1. The van der Waals surface area contributed by atoms with E-state index >= 15 is 0 Å². The molecule has 5 heteroatoms. The topological polar surface area (TPSA) is 41.6 Å². The summed E-state index contributed by atoms with van der Waals surface area (Å²) in [5, 5.41) is 1.38. The van der Waals surface area contributed by atoms with Crippen molar-refractivity contribution in [2.24, 2.45) is 5.92 Å². The van der Waals surface area contributed by atoms with Gasteiger partial charge in [0.05, 0.1) is 11.6 Å². The molecular formula is C16H13FN2O2. The van der Waals surface area contributed by atoms with Crippen LogP contribution in [-0.2, 0) is 11.2 Å². The van der Waals surface area contributed by atoms with Crippen LogP contribution in [0.4, 0.5) is 10.1 Å². The molecule has 0 bridgehead atoms. The van der Waals surface area contributed by atoms with E-state index in [9.17, 15) is 9.18 Å². The first-order valence-electron chi connectivity index (χ1n) is 6.82. The van der Waals surface area contributed by atoms with Crippen LogP contribution < -0.4 is 15.2 Å². The van der Waals surface area contributed by atoms with Crippen molar-refractivity contribution in [1.29, 1.82) is 0 Å². The van der Waals surface area contributed by atoms with Crippen LogP contribution in [0.2, 0.25) is 0 Å². The average Bonchev–Trinajstić information content (AvgIpc) is 2.82. The molecule has 0 aromatic heterocycles. The second-order valence-corrected chi connectivity index (χ2v) is 5.24. The SMILES string of the molecule is O=C1C2Cc3ccccc3OC2NN1c1cccc(F)c1. The third-order valence-electron chi connectivity index (χ3n) is 3.89. The van der Waals surface area contributed by atoms with Crippen molar-refractivity contribution >= 4 is 11.6 Å². The fraction of sp³-hybridized carbons (Fsp3) is 0.188. The highest BCUT2D eigenvalue weighted by Crippen LogP contribution is 2.34. The number of nitrogens with zero attached hydrogens (tertiary/aromatic N) is 1. The summed E-state index contributed by atoms with van der Waals surface area (Å²) in [7, 11) is 0. The maximum atomic E-state index is 13.3. The molecule has 2 unspecified atom stereocenters. The van der Waals surface area contributed by atoms with Gasteiger partial charge >= 0.3 is 0 Å². The zero-order chi connectivity index (χ0) is 14.4. The fourth-order valence-electron chi connectivity index (χ4n) is 2.86. The summed E-state index contributed by atoms with van der Waals surface area (Å²) in [4.78, 5) is 12.5. The van der Waals surface area contributed by atoms with Crippen LogP contribution in [0.1, 0.15) is 5.56 Å². The summed E-state index contributed by atoms with van der Waals surface area (Å²) in [5.74, 6) is 0.0320. The van der Waals surface area contributed by atoms with Crippen LogP contribution in [0.3, 0.4) is 0 Å². The summed E-state index contributed by atoms with van der Waals surface area (Å²) < 4.78 is 19.2. The lowest BCUT2D eigenvalue weighted by molar-refractivity contribution is -0.121. The molecule has 21 heavy (non-hydrogen) atoms. The Labute approximate surface area is 121 Å². The molecule has 2 aliphatic rings. The number of carbonyl (C=O) groups excluding carboxylic acids is 1. The Kier molecular flexibility index (Phi) is 2.68. The molecule has 1 N–H and O–H groups in total. The van der Waals surface area contributed by atoms with Crippen LogP contribution in [0.25, 0.3) is 0 Å². The van der Waals surface area contributed by atoms with Gasteiger partial charge in [-0.05, 0) is 36.2 Å². The second-order valence-electron chi connectivity index (χ2n) is 5.24. The predicted octanol–water partition coefficient (Wildman–Crippen LogP) is 2.25. The standard InChI is InChI=1S/C16H13FN2O2/c17-11-5-3-6-12(9-11)19-16(20)13-8-10-4-1-2-7-14(10)21-15(13)18-19/h1-7,9,13,15,18H,8H2. The lowest BCUT2D eigenvalue weighted by Gasteiger charge is -2.26. The number of fused-ring (bicyclic) bond motifs is 2. The largest absolute Gasteiger partial charge is 0.473 e. The average molecular weight is 284 g/mol. The van der Waals surface area contributed by atoms with Gasteiger partial charge in [-0.2, -0.15) is 5.43 Å². The lowest BCUT2D eigenvalue weighted by Crippen LogP contribution is -2.41. The molecule has 0 aliphatic carbocycles. The summed E-state index contributed by atoms with van der Waals surface area (Å²) in [6.45, 7) is 0. The number of amides is 1. The van der Waals surface area contributed by atoms with Crippen molar-refractivity contribution in [3.8, 4) is 5.75 Å². The number of benzene rings is 2. The molecule has 0 spiro atoms. The minimum Gasteiger partial charge on any atom is -0.473 e. The Morgan fingerprint density at radius 3 is 2.90 bits per heavy atom. The zero-order valence-corrected chi connectivity index (χ0v) is 11.1. The van der Waals surface area contributed by atoms with E-state index in [1.807, 2.05) is 24.3 Å². The van der Waals surface area contributed by atoms with Crippen molar-refractivity contribution in [2.75, 3.05) is 5.01 Å². The van der Waals surface area contributed by atoms with Crippen molar-refractivity contribution in [1.82, 2.24) is 5.43 Å². The Balaban J connectivity index is 1.65. The monoisotopic (exact) mass is 284 g/mol. The van der Waals surface area contributed by atoms with Gasteiger partial charge in [-0.25, -0.2) is 9.40 Å². The fourth-order valence-corrected chi connectivity index (χ4v) is 2.86. The molecule has 2 atom stereocenters. The molecule has 0 radical (unpaired) electrons. The van der Waals surface area contributed by atoms with Crippen molar-refractivity contribution in [3.05, 3.63) is 59.9 Å². The predicted molar refractivity (Wildman–Crippen MR) is 75.1 cm³/mol. The van der Waals surface area contributed by atoms with Gasteiger partial charge in [-0.3, -0.25) is 4.79 Å². The molecule has 1 fully saturated rings. The second kappa shape index (κ2) is 4.56. The molecule has 2 aromatic carbocycles. The summed E-state index contributed by atoms with van der Waals surface area (Å²) >= 11 is 0. The summed E-state index contributed by atoms with van der Waals surface area (Å²) in [6.07, 6.45) is 0.217. The number of halogens is 1. The maximum Gasteiger partial charge on any atom is 0.250 e. The van der Waals surface area contributed by atoms with E-state index in [0.29, 0.717) is 12.1 Å². The van der Waals surface area contributed by atoms with Gasteiger partial charge in [0.25, 0.3) is 0 Å². The number of para-hydroxylation sites is 1. The molecule has 2 aromatic rings. The van der Waals surface area contributed by atoms with E-state index in [0.717, 1.165) is 11.3 Å². The van der Waals surface area contributed by atoms with Gasteiger partial charge < -0.3 is 4.74 Å². The third kappa shape index (κ3) is 1.97. The van der Waals surface area contributed by atoms with E-state index in [1.165, 1.54) is 17.1 Å². The Hall–Kier alpha value is -2.40. The summed E-state index contributed by atoms with van der Waals surface area (Å²) in [6, 6.07) is 13.6. The molecule has 4 nitrogen and oxygen atoms in total. The number of anilines is 1. The third-order valence-corrected chi connectivity index (χ3v) is 3.89. The first kappa shape index (κ1) is 12.3. The van der Waals surface area contributed by atoms with E-state index in [2.05, 4.69) is 5.43 Å². The van der Waals surface area contributed by atoms with E-state index in [4.69, 9.17) is 4.74 Å².